The Labute approximate surface area is 190 Å². The van der Waals surface area contributed by atoms with Crippen molar-refractivity contribution in [3.05, 3.63) is 0 Å². The van der Waals surface area contributed by atoms with E-state index in [2.05, 4.69) is 41.5 Å². The van der Waals surface area contributed by atoms with Gasteiger partial charge in [0.2, 0.25) is 0 Å². The van der Waals surface area contributed by atoms with E-state index in [1.54, 1.807) is 0 Å². The maximum absolute atomic E-state index is 13.3. The Balaban J connectivity index is 1.51. The van der Waals surface area contributed by atoms with Crippen molar-refractivity contribution in [2.24, 2.45) is 58.2 Å². The highest BCUT2D eigenvalue weighted by atomic mass is 16.3. The molecule has 4 fully saturated rings. The molecule has 0 amide bonds. The van der Waals surface area contributed by atoms with Gasteiger partial charge in [0.15, 0.2) is 0 Å². The van der Waals surface area contributed by atoms with Crippen LogP contribution < -0.4 is 0 Å². The lowest BCUT2D eigenvalue weighted by molar-refractivity contribution is -0.173. The molecule has 4 rings (SSSR count). The molecule has 0 aromatic carbocycles. The molecule has 0 radical (unpaired) electrons. The molecule has 4 saturated carbocycles. The highest BCUT2D eigenvalue weighted by Gasteiger charge is 2.63. The van der Waals surface area contributed by atoms with E-state index in [0.29, 0.717) is 41.8 Å². The largest absolute Gasteiger partial charge is 0.390 e. The molecule has 3 nitrogen and oxygen atoms in total. The Morgan fingerprint density at radius 3 is 2.29 bits per heavy atom. The molecular weight excluding hydrogens is 384 g/mol. The Hall–Kier alpha value is -0.410. The second kappa shape index (κ2) is 8.42. The van der Waals surface area contributed by atoms with Crippen LogP contribution in [0.3, 0.4) is 0 Å². The van der Waals surface area contributed by atoms with Gasteiger partial charge in [0, 0.05) is 12.3 Å². The summed E-state index contributed by atoms with van der Waals surface area (Å²) >= 11 is 0. The Morgan fingerprint density at radius 2 is 1.61 bits per heavy atom. The minimum atomic E-state index is -0.725. The summed E-state index contributed by atoms with van der Waals surface area (Å²) in [5.41, 5.74) is 0.244. The van der Waals surface area contributed by atoms with E-state index >= 15 is 0 Å². The van der Waals surface area contributed by atoms with E-state index in [4.69, 9.17) is 0 Å². The summed E-state index contributed by atoms with van der Waals surface area (Å²) in [5.74, 6) is 5.12. The maximum atomic E-state index is 13.3. The van der Waals surface area contributed by atoms with Crippen molar-refractivity contribution >= 4 is 5.78 Å². The Morgan fingerprint density at radius 1 is 0.935 bits per heavy atom. The maximum Gasteiger partial charge on any atom is 0.136 e. The average Bonchev–Trinajstić information content (AvgIpc) is 3.05. The summed E-state index contributed by atoms with van der Waals surface area (Å²) in [6.45, 7) is 14.4. The minimum absolute atomic E-state index is 0.0508. The molecule has 2 N–H and O–H groups in total. The number of hydrogen-bond donors (Lipinski definition) is 2. The molecule has 4 aliphatic carbocycles. The van der Waals surface area contributed by atoms with Crippen molar-refractivity contribution in [2.45, 2.75) is 112 Å². The van der Waals surface area contributed by atoms with Crippen molar-refractivity contribution in [3.63, 3.8) is 0 Å². The van der Waals surface area contributed by atoms with E-state index in [0.717, 1.165) is 30.1 Å². The van der Waals surface area contributed by atoms with Crippen molar-refractivity contribution in [1.82, 2.24) is 0 Å². The number of hydrogen-bond acceptors (Lipinski definition) is 3. The zero-order valence-corrected chi connectivity index (χ0v) is 20.9. The lowest BCUT2D eigenvalue weighted by atomic mass is 9.44. The first kappa shape index (κ1) is 23.7. The lowest BCUT2D eigenvalue weighted by Crippen LogP contribution is -2.59. The highest BCUT2D eigenvalue weighted by Crippen LogP contribution is 2.67. The van der Waals surface area contributed by atoms with Gasteiger partial charge in [0.1, 0.15) is 5.78 Å². The first-order valence-electron chi connectivity index (χ1n) is 13.4. The van der Waals surface area contributed by atoms with Gasteiger partial charge in [-0.05, 0) is 90.8 Å². The van der Waals surface area contributed by atoms with Gasteiger partial charge in [-0.2, -0.15) is 0 Å². The van der Waals surface area contributed by atoms with Crippen molar-refractivity contribution < 1.29 is 15.0 Å². The van der Waals surface area contributed by atoms with Gasteiger partial charge in [-0.3, -0.25) is 4.79 Å². The molecule has 0 aromatic rings. The van der Waals surface area contributed by atoms with Crippen LogP contribution in [0.15, 0.2) is 0 Å². The first-order chi connectivity index (χ1) is 14.5. The van der Waals surface area contributed by atoms with Crippen LogP contribution in [-0.4, -0.2) is 28.2 Å². The predicted molar refractivity (Wildman–Crippen MR) is 125 cm³/mol. The van der Waals surface area contributed by atoms with Crippen molar-refractivity contribution in [1.29, 1.82) is 0 Å². The molecule has 0 aliphatic heterocycles. The Bertz CT molecular complexity index is 673. The van der Waals surface area contributed by atoms with Crippen LogP contribution in [0.1, 0.15) is 99.3 Å². The molecular formula is C28H48O3. The second-order valence-corrected chi connectivity index (χ2v) is 13.2. The van der Waals surface area contributed by atoms with Crippen molar-refractivity contribution in [2.75, 3.05) is 0 Å². The normalized spacial score (nSPS) is 49.3. The molecule has 11 atom stereocenters. The molecule has 4 aliphatic rings. The fourth-order valence-corrected chi connectivity index (χ4v) is 9.11. The van der Waals surface area contributed by atoms with E-state index in [9.17, 15) is 15.0 Å². The molecule has 0 spiro atoms. The molecule has 0 saturated heterocycles. The lowest BCUT2D eigenvalue weighted by Gasteiger charge is -2.61. The van der Waals surface area contributed by atoms with Crippen LogP contribution in [0.4, 0.5) is 0 Å². The number of Topliss-reactive ketones (excluding diaryl/α,β-unsaturated/α-hetero) is 1. The minimum Gasteiger partial charge on any atom is -0.390 e. The average molecular weight is 433 g/mol. The third kappa shape index (κ3) is 3.84. The number of carbonyl (C=O) groups excluding carboxylic acids is 1. The van der Waals surface area contributed by atoms with Gasteiger partial charge < -0.3 is 10.2 Å². The number of carbonyl (C=O) groups is 1. The zero-order valence-electron chi connectivity index (χ0n) is 20.9. The van der Waals surface area contributed by atoms with Gasteiger partial charge in [0.25, 0.3) is 0 Å². The van der Waals surface area contributed by atoms with E-state index < -0.39 is 12.2 Å². The van der Waals surface area contributed by atoms with Gasteiger partial charge in [-0.1, -0.05) is 54.4 Å². The van der Waals surface area contributed by atoms with E-state index in [-0.39, 0.29) is 11.3 Å². The van der Waals surface area contributed by atoms with Crippen LogP contribution in [0.25, 0.3) is 0 Å². The monoisotopic (exact) mass is 432 g/mol. The number of fused-ring (bicyclic) bond motifs is 5. The molecule has 0 bridgehead atoms. The smallest absolute Gasteiger partial charge is 0.136 e. The standard InChI is InChI=1S/C28H48O3/c1-16(2)17(3)7-8-18(4)20-9-10-21-19-13-24(29)23-14-25(30)26(31)15-28(23,6)22(19)11-12-27(20,21)5/h16-23,25-26,30-31H,7-15H2,1-6H3/t17?,18-,19+,20-,21+,22+,23-,25+,26-,27-,28-/m1/s1. The van der Waals surface area contributed by atoms with Gasteiger partial charge >= 0.3 is 0 Å². The van der Waals surface area contributed by atoms with Crippen LogP contribution in [0, 0.1) is 58.2 Å². The molecule has 0 aromatic heterocycles. The zero-order chi connectivity index (χ0) is 22.7. The molecule has 31 heavy (non-hydrogen) atoms. The molecule has 3 heteroatoms. The summed E-state index contributed by atoms with van der Waals surface area (Å²) in [6.07, 6.45) is 8.16. The summed E-state index contributed by atoms with van der Waals surface area (Å²) in [5, 5.41) is 20.7. The number of ketones is 1. The topological polar surface area (TPSA) is 57.5 Å². The third-order valence-electron chi connectivity index (χ3n) is 11.5. The number of rotatable bonds is 5. The predicted octanol–water partition coefficient (Wildman–Crippen LogP) is 5.86. The third-order valence-corrected chi connectivity index (χ3v) is 11.5. The van der Waals surface area contributed by atoms with Crippen LogP contribution >= 0.6 is 0 Å². The van der Waals surface area contributed by atoms with E-state index in [1.807, 2.05) is 0 Å². The number of aliphatic hydroxyl groups excluding tert-OH is 2. The van der Waals surface area contributed by atoms with Crippen LogP contribution in [-0.2, 0) is 4.79 Å². The summed E-state index contributed by atoms with van der Waals surface area (Å²) in [4.78, 5) is 13.3. The SMILES string of the molecule is CC(C)C(C)CC[C@@H](C)[C@H]1CC[C@H]2[C@@H]3CC(=O)[C@H]4C[C@H](O)[C@H](O)C[C@]4(C)[C@H]3CC[C@]12C. The molecule has 0 heterocycles. The Kier molecular flexibility index (Phi) is 6.45. The second-order valence-electron chi connectivity index (χ2n) is 13.2. The molecule has 1 unspecified atom stereocenters. The van der Waals surface area contributed by atoms with E-state index in [1.165, 1.54) is 38.5 Å². The first-order valence-corrected chi connectivity index (χ1v) is 13.4. The quantitative estimate of drug-likeness (QED) is 0.572. The highest BCUT2D eigenvalue weighted by molar-refractivity contribution is 5.83. The van der Waals surface area contributed by atoms with Gasteiger partial charge in [-0.25, -0.2) is 0 Å². The summed E-state index contributed by atoms with van der Waals surface area (Å²) in [6, 6.07) is 0. The summed E-state index contributed by atoms with van der Waals surface area (Å²) in [7, 11) is 0. The summed E-state index contributed by atoms with van der Waals surface area (Å²) < 4.78 is 0. The van der Waals surface area contributed by atoms with Crippen LogP contribution in [0.5, 0.6) is 0 Å². The van der Waals surface area contributed by atoms with Crippen LogP contribution in [0.2, 0.25) is 0 Å². The van der Waals surface area contributed by atoms with Gasteiger partial charge in [-0.15, -0.1) is 0 Å². The van der Waals surface area contributed by atoms with Gasteiger partial charge in [0.05, 0.1) is 12.2 Å². The number of aliphatic hydroxyl groups is 2. The fraction of sp³-hybridized carbons (Fsp3) is 0.964. The van der Waals surface area contributed by atoms with Crippen molar-refractivity contribution in [3.8, 4) is 0 Å². The molecule has 178 valence electrons. The fourth-order valence-electron chi connectivity index (χ4n) is 9.11.